The summed E-state index contributed by atoms with van der Waals surface area (Å²) in [7, 11) is 0. The molecule has 6 nitrogen and oxygen atoms in total. The van der Waals surface area contributed by atoms with E-state index in [9.17, 15) is 9.59 Å². The molecule has 0 fully saturated rings. The summed E-state index contributed by atoms with van der Waals surface area (Å²) in [6, 6.07) is 15.4. The van der Waals surface area contributed by atoms with Gasteiger partial charge < -0.3 is 0 Å². The first kappa shape index (κ1) is 24.0. The number of thiophene rings is 1. The quantitative estimate of drug-likeness (QED) is 0.142. The summed E-state index contributed by atoms with van der Waals surface area (Å²) in [5, 5.41) is 5.30. The summed E-state index contributed by atoms with van der Waals surface area (Å²) in [6.07, 6.45) is 5.76. The van der Waals surface area contributed by atoms with Crippen LogP contribution in [-0.4, -0.2) is 27.4 Å². The van der Waals surface area contributed by atoms with Crippen LogP contribution >= 0.6 is 39.0 Å². The van der Waals surface area contributed by atoms with Crippen molar-refractivity contribution >= 4 is 61.4 Å². The lowest BCUT2D eigenvalue weighted by molar-refractivity contribution is -0.118. The van der Waals surface area contributed by atoms with E-state index >= 15 is 0 Å². The molecule has 1 N–H and O–H groups in total. The number of nitrogens with zero attached hydrogens (tertiary/aromatic N) is 3. The predicted molar refractivity (Wildman–Crippen MR) is 147 cm³/mol. The Labute approximate surface area is 219 Å². The van der Waals surface area contributed by atoms with Crippen LogP contribution in [0.2, 0.25) is 0 Å². The molecule has 0 saturated carbocycles. The smallest absolute Gasteiger partial charge is 0.267 e. The number of aromatic nitrogens is 2. The zero-order chi connectivity index (χ0) is 24.4. The topological polar surface area (TPSA) is 76.3 Å². The van der Waals surface area contributed by atoms with Crippen molar-refractivity contribution in [3.63, 3.8) is 0 Å². The molecule has 35 heavy (non-hydrogen) atoms. The molecule has 0 spiro atoms. The van der Waals surface area contributed by atoms with Crippen LogP contribution < -0.4 is 11.0 Å². The molecule has 2 aromatic heterocycles. The van der Waals surface area contributed by atoms with Crippen LogP contribution in [0.3, 0.4) is 0 Å². The van der Waals surface area contributed by atoms with Crippen LogP contribution in [0.4, 0.5) is 0 Å². The fraction of sp³-hybridized carbons (Fsp3) is 0.231. The molecule has 0 unspecified atom stereocenters. The molecule has 0 saturated heterocycles. The number of hydrogen-bond acceptors (Lipinski definition) is 6. The Morgan fingerprint density at radius 3 is 2.83 bits per heavy atom. The van der Waals surface area contributed by atoms with Crippen molar-refractivity contribution in [3.8, 4) is 5.69 Å². The molecule has 9 heteroatoms. The lowest BCUT2D eigenvalue weighted by Gasteiger charge is -2.13. The minimum absolute atomic E-state index is 0.0613. The molecule has 2 aromatic carbocycles. The van der Waals surface area contributed by atoms with Crippen molar-refractivity contribution in [2.24, 2.45) is 5.10 Å². The van der Waals surface area contributed by atoms with Crippen molar-refractivity contribution < 1.29 is 4.79 Å². The molecule has 1 aliphatic rings. The lowest BCUT2D eigenvalue weighted by atomic mass is 9.97. The van der Waals surface area contributed by atoms with Gasteiger partial charge in [-0.2, -0.15) is 5.10 Å². The van der Waals surface area contributed by atoms with Gasteiger partial charge in [-0.05, 0) is 68.0 Å². The number of aryl methyl sites for hydroxylation is 3. The van der Waals surface area contributed by atoms with Crippen LogP contribution in [0.5, 0.6) is 0 Å². The van der Waals surface area contributed by atoms with Gasteiger partial charge in [0.15, 0.2) is 5.16 Å². The van der Waals surface area contributed by atoms with E-state index in [1.165, 1.54) is 16.6 Å². The maximum absolute atomic E-state index is 13.8. The number of amides is 1. The van der Waals surface area contributed by atoms with E-state index in [-0.39, 0.29) is 17.2 Å². The van der Waals surface area contributed by atoms with Crippen LogP contribution in [0.15, 0.2) is 68.1 Å². The number of hydrazone groups is 1. The number of hydrogen-bond donors (Lipinski definition) is 1. The van der Waals surface area contributed by atoms with E-state index in [0.717, 1.165) is 62.8 Å². The largest absolute Gasteiger partial charge is 0.272 e. The highest BCUT2D eigenvalue weighted by Gasteiger charge is 2.23. The number of thioether (sulfide) groups is 1. The highest BCUT2D eigenvalue weighted by Crippen LogP contribution is 2.35. The number of carbonyl (C=O) groups excluding carboxylic acids is 1. The molecule has 1 aliphatic carbocycles. The van der Waals surface area contributed by atoms with Crippen LogP contribution in [0, 0.1) is 6.92 Å². The van der Waals surface area contributed by atoms with Gasteiger partial charge in [-0.15, -0.1) is 11.3 Å². The average Bonchev–Trinajstić information content (AvgIpc) is 3.22. The van der Waals surface area contributed by atoms with Crippen molar-refractivity contribution in [2.45, 2.75) is 37.8 Å². The van der Waals surface area contributed by atoms with Gasteiger partial charge >= 0.3 is 0 Å². The van der Waals surface area contributed by atoms with Crippen molar-refractivity contribution in [1.82, 2.24) is 15.0 Å². The van der Waals surface area contributed by atoms with E-state index in [1.807, 2.05) is 55.5 Å². The van der Waals surface area contributed by atoms with E-state index < -0.39 is 0 Å². The van der Waals surface area contributed by atoms with Gasteiger partial charge in [0.2, 0.25) is 0 Å². The number of fused-ring (bicyclic) bond motifs is 3. The third kappa shape index (κ3) is 5.27. The molecule has 1 amide bonds. The van der Waals surface area contributed by atoms with E-state index in [4.69, 9.17) is 4.98 Å². The molecule has 0 atom stereocenters. The zero-order valence-electron chi connectivity index (χ0n) is 19.1. The van der Waals surface area contributed by atoms with Crippen LogP contribution in [0.1, 0.15) is 34.4 Å². The number of carbonyl (C=O) groups is 1. The van der Waals surface area contributed by atoms with Gasteiger partial charge in [0, 0.05) is 9.35 Å². The number of halogens is 1. The third-order valence-corrected chi connectivity index (χ3v) is 8.45. The molecule has 4 aromatic rings. The second-order valence-electron chi connectivity index (χ2n) is 8.40. The molecular weight excluding hydrogens is 544 g/mol. The van der Waals surface area contributed by atoms with Gasteiger partial charge in [-0.3, -0.25) is 14.2 Å². The fourth-order valence-corrected chi connectivity index (χ4v) is 6.66. The Balaban J connectivity index is 1.43. The molecule has 5 rings (SSSR count). The minimum Gasteiger partial charge on any atom is -0.272 e. The lowest BCUT2D eigenvalue weighted by Crippen LogP contribution is -2.24. The second kappa shape index (κ2) is 10.5. The Morgan fingerprint density at radius 2 is 2.03 bits per heavy atom. The van der Waals surface area contributed by atoms with Gasteiger partial charge in [-0.25, -0.2) is 10.4 Å². The molecule has 2 heterocycles. The van der Waals surface area contributed by atoms with E-state index in [2.05, 4.69) is 26.5 Å². The summed E-state index contributed by atoms with van der Waals surface area (Å²) < 4.78 is 2.58. The SMILES string of the molecule is Cc1ccc(-n2c(SCC(=O)N/N=C/c3cccc(Br)c3)nc3sc4c(c3c2=O)CCCC4)cc1. The zero-order valence-corrected chi connectivity index (χ0v) is 22.3. The first-order valence-electron chi connectivity index (χ1n) is 11.3. The van der Waals surface area contributed by atoms with Crippen molar-refractivity contribution in [1.29, 1.82) is 0 Å². The maximum atomic E-state index is 13.8. The van der Waals surface area contributed by atoms with E-state index in [0.29, 0.717) is 5.16 Å². The standard InChI is InChI=1S/C26H23BrN4O2S2/c1-16-9-11-19(12-10-16)31-25(33)23-20-7-2-3-8-21(20)35-24(23)29-26(31)34-15-22(32)30-28-14-17-5-4-6-18(27)13-17/h4-6,9-14H,2-3,7-8,15H2,1H3,(H,30,32)/b28-14+. The Hall–Kier alpha value is -2.75. The summed E-state index contributed by atoms with van der Waals surface area (Å²) in [6.45, 7) is 2.01. The van der Waals surface area contributed by atoms with Crippen LogP contribution in [0.25, 0.3) is 15.9 Å². The summed E-state index contributed by atoms with van der Waals surface area (Å²) in [4.78, 5) is 33.2. The van der Waals surface area contributed by atoms with Crippen LogP contribution in [-0.2, 0) is 17.6 Å². The monoisotopic (exact) mass is 566 g/mol. The summed E-state index contributed by atoms with van der Waals surface area (Å²) >= 11 is 6.28. The van der Waals surface area contributed by atoms with Gasteiger partial charge in [0.1, 0.15) is 4.83 Å². The Morgan fingerprint density at radius 1 is 1.23 bits per heavy atom. The molecule has 0 aliphatic heterocycles. The van der Waals surface area contributed by atoms with Gasteiger partial charge in [-0.1, -0.05) is 57.5 Å². The average molecular weight is 568 g/mol. The Bertz CT molecular complexity index is 1490. The Kier molecular flexibility index (Phi) is 7.17. The van der Waals surface area contributed by atoms with Crippen molar-refractivity contribution in [2.75, 3.05) is 5.75 Å². The maximum Gasteiger partial charge on any atom is 0.267 e. The predicted octanol–water partition coefficient (Wildman–Crippen LogP) is 5.64. The second-order valence-corrected chi connectivity index (χ2v) is 11.3. The number of benzene rings is 2. The minimum atomic E-state index is -0.267. The van der Waals surface area contributed by atoms with E-state index in [1.54, 1.807) is 22.1 Å². The number of rotatable bonds is 6. The van der Waals surface area contributed by atoms with Gasteiger partial charge in [0.25, 0.3) is 11.5 Å². The van der Waals surface area contributed by atoms with Crippen molar-refractivity contribution in [3.05, 3.63) is 84.9 Å². The summed E-state index contributed by atoms with van der Waals surface area (Å²) in [5.41, 5.74) is 6.39. The fourth-order valence-electron chi connectivity index (χ4n) is 4.13. The molecule has 0 bridgehead atoms. The first-order chi connectivity index (χ1) is 17.0. The highest BCUT2D eigenvalue weighted by molar-refractivity contribution is 9.10. The highest BCUT2D eigenvalue weighted by atomic mass is 79.9. The molecular formula is C26H23BrN4O2S2. The first-order valence-corrected chi connectivity index (χ1v) is 13.9. The van der Waals surface area contributed by atoms with Gasteiger partial charge in [0.05, 0.1) is 23.0 Å². The molecule has 178 valence electrons. The third-order valence-electron chi connectivity index (χ3n) is 5.83. The normalized spacial score (nSPS) is 13.3. The molecule has 0 radical (unpaired) electrons. The summed E-state index contributed by atoms with van der Waals surface area (Å²) in [5.74, 6) is -0.179. The number of nitrogens with one attached hydrogen (secondary N) is 1.